The van der Waals surface area contributed by atoms with Crippen molar-refractivity contribution in [2.24, 2.45) is 5.41 Å². The number of benzene rings is 1. The van der Waals surface area contributed by atoms with Crippen LogP contribution in [0, 0.1) is 5.41 Å². The van der Waals surface area contributed by atoms with E-state index in [9.17, 15) is 22.8 Å². The summed E-state index contributed by atoms with van der Waals surface area (Å²) in [6, 6.07) is 3.58. The minimum atomic E-state index is -4.53. The molecule has 2 amide bonds. The number of hydrogen-bond acceptors (Lipinski definition) is 3. The molecular weight excluding hydrogens is 465 g/mol. The molecule has 0 atom stereocenters. The maximum Gasteiger partial charge on any atom is 0.417 e. The molecule has 0 aliphatic carbocycles. The van der Waals surface area contributed by atoms with Gasteiger partial charge < -0.3 is 14.5 Å². The van der Waals surface area contributed by atoms with Crippen molar-refractivity contribution in [3.63, 3.8) is 0 Å². The lowest BCUT2D eigenvalue weighted by Crippen LogP contribution is -2.46. The lowest BCUT2D eigenvalue weighted by atomic mass is 9.78. The average Bonchev–Trinajstić information content (AvgIpc) is 3.03. The Bertz CT molecular complexity index is 828. The Labute approximate surface area is 182 Å². The molecule has 0 aromatic heterocycles. The van der Waals surface area contributed by atoms with Crippen LogP contribution in [0.2, 0.25) is 0 Å². The van der Waals surface area contributed by atoms with Crippen molar-refractivity contribution in [1.82, 2.24) is 9.80 Å². The molecule has 2 heterocycles. The second kappa shape index (κ2) is 8.05. The highest BCUT2D eigenvalue weighted by molar-refractivity contribution is 9.10. The zero-order valence-corrected chi connectivity index (χ0v) is 18.9. The molecule has 2 aliphatic rings. The van der Waals surface area contributed by atoms with Crippen LogP contribution in [0.4, 0.5) is 18.0 Å². The first-order chi connectivity index (χ1) is 13.8. The Balaban J connectivity index is 1.64. The monoisotopic (exact) mass is 490 g/mol. The summed E-state index contributed by atoms with van der Waals surface area (Å²) >= 11 is 2.90. The van der Waals surface area contributed by atoms with Gasteiger partial charge in [0.05, 0.1) is 5.56 Å². The molecule has 2 fully saturated rings. The number of hydrogen-bond donors (Lipinski definition) is 0. The molecule has 0 bridgehead atoms. The third kappa shape index (κ3) is 5.10. The number of likely N-dealkylation sites (tertiary alicyclic amines) is 2. The third-order valence-corrected chi connectivity index (χ3v) is 6.41. The zero-order chi connectivity index (χ0) is 22.3. The fourth-order valence-electron chi connectivity index (χ4n) is 4.06. The minimum Gasteiger partial charge on any atom is -0.444 e. The van der Waals surface area contributed by atoms with E-state index >= 15 is 0 Å². The summed E-state index contributed by atoms with van der Waals surface area (Å²) in [4.78, 5) is 28.4. The summed E-state index contributed by atoms with van der Waals surface area (Å²) in [5, 5.41) is 0. The SMILES string of the molecule is CC(C)(C)OC(=O)N1CCC2(CC1)CCN(C(=O)c1ccc(Br)c(C(F)(F)F)c1)C2. The summed E-state index contributed by atoms with van der Waals surface area (Å²) in [6.45, 7) is 7.56. The summed E-state index contributed by atoms with van der Waals surface area (Å²) in [6.07, 6.45) is -2.61. The quantitative estimate of drug-likeness (QED) is 0.534. The first-order valence-corrected chi connectivity index (χ1v) is 10.7. The van der Waals surface area contributed by atoms with E-state index in [-0.39, 0.29) is 27.5 Å². The topological polar surface area (TPSA) is 49.9 Å². The molecule has 0 saturated carbocycles. The molecule has 2 saturated heterocycles. The third-order valence-electron chi connectivity index (χ3n) is 5.72. The highest BCUT2D eigenvalue weighted by atomic mass is 79.9. The lowest BCUT2D eigenvalue weighted by Gasteiger charge is -2.39. The molecular formula is C21H26BrF3N2O3. The van der Waals surface area contributed by atoms with Crippen molar-refractivity contribution >= 4 is 27.9 Å². The van der Waals surface area contributed by atoms with Gasteiger partial charge in [-0.1, -0.05) is 15.9 Å². The van der Waals surface area contributed by atoms with Gasteiger partial charge in [0, 0.05) is 36.2 Å². The molecule has 3 rings (SSSR count). The van der Waals surface area contributed by atoms with Crippen LogP contribution in [-0.2, 0) is 10.9 Å². The largest absolute Gasteiger partial charge is 0.444 e. The molecule has 30 heavy (non-hydrogen) atoms. The zero-order valence-electron chi connectivity index (χ0n) is 17.3. The summed E-state index contributed by atoms with van der Waals surface area (Å²) in [7, 11) is 0. The Morgan fingerprint density at radius 3 is 2.13 bits per heavy atom. The molecule has 0 N–H and O–H groups in total. The fourth-order valence-corrected chi connectivity index (χ4v) is 4.54. The Morgan fingerprint density at radius 2 is 1.60 bits per heavy atom. The predicted molar refractivity (Wildman–Crippen MR) is 109 cm³/mol. The van der Waals surface area contributed by atoms with Crippen molar-refractivity contribution in [1.29, 1.82) is 0 Å². The highest BCUT2D eigenvalue weighted by Crippen LogP contribution is 2.41. The maximum atomic E-state index is 13.2. The molecule has 0 radical (unpaired) electrons. The number of ether oxygens (including phenoxy) is 1. The smallest absolute Gasteiger partial charge is 0.417 e. The minimum absolute atomic E-state index is 0.0359. The maximum absolute atomic E-state index is 13.2. The number of carbonyl (C=O) groups is 2. The van der Waals surface area contributed by atoms with Gasteiger partial charge in [-0.15, -0.1) is 0 Å². The summed E-state index contributed by atoms with van der Waals surface area (Å²) in [5.74, 6) is -0.389. The average molecular weight is 491 g/mol. The van der Waals surface area contributed by atoms with Crippen molar-refractivity contribution in [3.8, 4) is 0 Å². The number of rotatable bonds is 1. The van der Waals surface area contributed by atoms with E-state index in [2.05, 4.69) is 15.9 Å². The number of halogens is 4. The van der Waals surface area contributed by atoms with E-state index in [1.807, 2.05) is 20.8 Å². The Hall–Kier alpha value is -1.77. The molecule has 166 valence electrons. The molecule has 1 aromatic carbocycles. The lowest BCUT2D eigenvalue weighted by molar-refractivity contribution is -0.138. The van der Waals surface area contributed by atoms with Gasteiger partial charge in [-0.05, 0) is 63.6 Å². The van der Waals surface area contributed by atoms with Gasteiger partial charge in [0.15, 0.2) is 0 Å². The van der Waals surface area contributed by atoms with Crippen LogP contribution in [0.15, 0.2) is 22.7 Å². The number of alkyl halides is 3. The number of amides is 2. The van der Waals surface area contributed by atoms with Crippen LogP contribution < -0.4 is 0 Å². The molecule has 1 aromatic rings. The molecule has 1 spiro atoms. The van der Waals surface area contributed by atoms with Gasteiger partial charge in [0.25, 0.3) is 5.91 Å². The second-order valence-corrected chi connectivity index (χ2v) is 9.99. The molecule has 9 heteroatoms. The van der Waals surface area contributed by atoms with Crippen molar-refractivity contribution in [2.75, 3.05) is 26.2 Å². The van der Waals surface area contributed by atoms with Crippen LogP contribution in [0.1, 0.15) is 56.0 Å². The predicted octanol–water partition coefficient (Wildman–Crippen LogP) is 5.33. The van der Waals surface area contributed by atoms with Crippen LogP contribution in [-0.4, -0.2) is 53.6 Å². The number of piperidine rings is 1. The van der Waals surface area contributed by atoms with Gasteiger partial charge in [-0.2, -0.15) is 13.2 Å². The summed E-state index contributed by atoms with van der Waals surface area (Å²) < 4.78 is 44.8. The van der Waals surface area contributed by atoms with Gasteiger partial charge in [-0.3, -0.25) is 4.79 Å². The van der Waals surface area contributed by atoms with Gasteiger partial charge in [0.2, 0.25) is 0 Å². The van der Waals surface area contributed by atoms with E-state index in [1.165, 1.54) is 12.1 Å². The Kier molecular flexibility index (Phi) is 6.15. The first kappa shape index (κ1) is 22.9. The van der Waals surface area contributed by atoms with Crippen molar-refractivity contribution < 1.29 is 27.5 Å². The normalized spacial score (nSPS) is 19.3. The van der Waals surface area contributed by atoms with Crippen LogP contribution >= 0.6 is 15.9 Å². The summed E-state index contributed by atoms with van der Waals surface area (Å²) in [5.41, 5.74) is -1.47. The van der Waals surface area contributed by atoms with E-state index in [1.54, 1.807) is 9.80 Å². The van der Waals surface area contributed by atoms with E-state index in [4.69, 9.17) is 4.74 Å². The van der Waals surface area contributed by atoms with Crippen LogP contribution in [0.25, 0.3) is 0 Å². The van der Waals surface area contributed by atoms with E-state index < -0.39 is 17.3 Å². The van der Waals surface area contributed by atoms with E-state index in [0.29, 0.717) is 26.2 Å². The standard InChI is InChI=1S/C21H26BrF3N2O3/c1-19(2,3)30-18(29)26-9-6-20(7-10-26)8-11-27(13-20)17(28)14-4-5-16(22)15(12-14)21(23,24)25/h4-5,12H,6-11,13H2,1-3H3. The first-order valence-electron chi connectivity index (χ1n) is 9.94. The van der Waals surface area contributed by atoms with Crippen LogP contribution in [0.3, 0.4) is 0 Å². The van der Waals surface area contributed by atoms with Gasteiger partial charge in [-0.25, -0.2) is 4.79 Å². The molecule has 5 nitrogen and oxygen atoms in total. The van der Waals surface area contributed by atoms with E-state index in [0.717, 1.165) is 25.3 Å². The highest BCUT2D eigenvalue weighted by Gasteiger charge is 2.43. The molecule has 2 aliphatic heterocycles. The molecule has 0 unspecified atom stereocenters. The van der Waals surface area contributed by atoms with Gasteiger partial charge >= 0.3 is 12.3 Å². The second-order valence-electron chi connectivity index (χ2n) is 9.14. The Morgan fingerprint density at radius 1 is 1.03 bits per heavy atom. The van der Waals surface area contributed by atoms with Crippen molar-refractivity contribution in [3.05, 3.63) is 33.8 Å². The number of carbonyl (C=O) groups excluding carboxylic acids is 2. The fraction of sp³-hybridized carbons (Fsp3) is 0.619. The van der Waals surface area contributed by atoms with Gasteiger partial charge in [0.1, 0.15) is 5.60 Å². The van der Waals surface area contributed by atoms with Crippen molar-refractivity contribution in [2.45, 2.75) is 51.8 Å². The number of nitrogens with zero attached hydrogens (tertiary/aromatic N) is 2. The van der Waals surface area contributed by atoms with Crippen LogP contribution in [0.5, 0.6) is 0 Å².